The molecule has 0 radical (unpaired) electrons. The van der Waals surface area contributed by atoms with E-state index in [0.29, 0.717) is 17.5 Å². The first-order chi connectivity index (χ1) is 9.63. The van der Waals surface area contributed by atoms with Crippen molar-refractivity contribution in [1.29, 1.82) is 0 Å². The van der Waals surface area contributed by atoms with Crippen LogP contribution in [-0.2, 0) is 0 Å². The number of likely N-dealkylation sites (N-methyl/N-ethyl adjacent to an activating group) is 1. The van der Waals surface area contributed by atoms with Gasteiger partial charge in [-0.25, -0.2) is 4.98 Å². The highest BCUT2D eigenvalue weighted by molar-refractivity contribution is 5.55. The van der Waals surface area contributed by atoms with Gasteiger partial charge in [0.25, 0.3) is 0 Å². The summed E-state index contributed by atoms with van der Waals surface area (Å²) in [4.78, 5) is 4.58. The maximum absolute atomic E-state index is 4.58. The maximum atomic E-state index is 4.58. The molecule has 3 heteroatoms. The first-order valence-electron chi connectivity index (χ1n) is 7.39. The van der Waals surface area contributed by atoms with Crippen molar-refractivity contribution in [2.24, 2.45) is 5.41 Å². The Kier molecular flexibility index (Phi) is 3.38. The molecular formula is C17H23N3. The van der Waals surface area contributed by atoms with E-state index in [9.17, 15) is 0 Å². The van der Waals surface area contributed by atoms with Crippen LogP contribution in [0.3, 0.4) is 0 Å². The van der Waals surface area contributed by atoms with Gasteiger partial charge in [0.15, 0.2) is 0 Å². The molecule has 1 aromatic carbocycles. The van der Waals surface area contributed by atoms with Gasteiger partial charge in [-0.15, -0.1) is 0 Å². The van der Waals surface area contributed by atoms with Crippen LogP contribution in [-0.4, -0.2) is 22.6 Å². The first-order valence-corrected chi connectivity index (χ1v) is 7.39. The van der Waals surface area contributed by atoms with Crippen molar-refractivity contribution < 1.29 is 0 Å². The molecule has 1 heterocycles. The number of aromatic nitrogens is 2. The number of hydrogen-bond acceptors (Lipinski definition) is 2. The van der Waals surface area contributed by atoms with Gasteiger partial charge in [-0.2, -0.15) is 0 Å². The third kappa shape index (κ3) is 2.16. The summed E-state index contributed by atoms with van der Waals surface area (Å²) in [6, 6.07) is 11.4. The minimum Gasteiger partial charge on any atom is -0.326 e. The molecule has 1 aliphatic carbocycles. The van der Waals surface area contributed by atoms with Gasteiger partial charge in [-0.05, 0) is 25.3 Å². The first kappa shape index (κ1) is 13.4. The summed E-state index contributed by atoms with van der Waals surface area (Å²) >= 11 is 0. The molecule has 2 atom stereocenters. The summed E-state index contributed by atoms with van der Waals surface area (Å²) < 4.78 is 2.35. The van der Waals surface area contributed by atoms with Crippen molar-refractivity contribution in [2.45, 2.75) is 38.8 Å². The Morgan fingerprint density at radius 2 is 2.00 bits per heavy atom. The van der Waals surface area contributed by atoms with Crippen molar-refractivity contribution >= 4 is 0 Å². The standard InChI is InChI=1S/C17H23N3/c1-17(2)10-9-14(15(17)18-3)20-12-11-19-16(20)13-7-5-4-6-8-13/h4-8,11-12,14-15,18H,9-10H2,1-3H3. The third-order valence-corrected chi connectivity index (χ3v) is 4.68. The quantitative estimate of drug-likeness (QED) is 0.924. The van der Waals surface area contributed by atoms with Gasteiger partial charge in [0.05, 0.1) is 6.04 Å². The van der Waals surface area contributed by atoms with Crippen LogP contribution < -0.4 is 5.32 Å². The molecule has 1 saturated carbocycles. The van der Waals surface area contributed by atoms with Crippen LogP contribution in [0.5, 0.6) is 0 Å². The van der Waals surface area contributed by atoms with Gasteiger partial charge < -0.3 is 9.88 Å². The Balaban J connectivity index is 1.99. The molecule has 3 nitrogen and oxygen atoms in total. The number of imidazole rings is 1. The number of benzene rings is 1. The SMILES string of the molecule is CNC1C(n2ccnc2-c2ccccc2)CCC1(C)C. The molecule has 0 amide bonds. The van der Waals surface area contributed by atoms with Crippen molar-refractivity contribution in [3.8, 4) is 11.4 Å². The van der Waals surface area contributed by atoms with Crippen molar-refractivity contribution in [3.63, 3.8) is 0 Å². The summed E-state index contributed by atoms with van der Waals surface area (Å²) in [7, 11) is 2.07. The van der Waals surface area contributed by atoms with Crippen molar-refractivity contribution in [2.75, 3.05) is 7.05 Å². The highest BCUT2D eigenvalue weighted by Crippen LogP contribution is 2.44. The van der Waals surface area contributed by atoms with E-state index in [-0.39, 0.29) is 0 Å². The Bertz CT molecular complexity index is 571. The molecule has 2 aromatic rings. The molecule has 1 fully saturated rings. The molecule has 0 aliphatic heterocycles. The van der Waals surface area contributed by atoms with Gasteiger partial charge in [-0.1, -0.05) is 44.2 Å². The summed E-state index contributed by atoms with van der Waals surface area (Å²) in [5.41, 5.74) is 1.52. The largest absolute Gasteiger partial charge is 0.326 e. The molecule has 106 valence electrons. The molecule has 0 spiro atoms. The predicted molar refractivity (Wildman–Crippen MR) is 82.6 cm³/mol. The molecule has 3 rings (SSSR count). The fourth-order valence-electron chi connectivity index (χ4n) is 3.64. The van der Waals surface area contributed by atoms with Crippen LogP contribution in [0, 0.1) is 5.41 Å². The highest BCUT2D eigenvalue weighted by atomic mass is 15.1. The summed E-state index contributed by atoms with van der Waals surface area (Å²) in [6.45, 7) is 4.71. The van der Waals surface area contributed by atoms with Gasteiger partial charge >= 0.3 is 0 Å². The van der Waals surface area contributed by atoms with E-state index in [1.807, 2.05) is 12.3 Å². The average Bonchev–Trinajstić information content (AvgIpc) is 3.03. The van der Waals surface area contributed by atoms with Crippen LogP contribution in [0.2, 0.25) is 0 Å². The number of rotatable bonds is 3. The second-order valence-electron chi connectivity index (χ2n) is 6.39. The lowest BCUT2D eigenvalue weighted by atomic mass is 9.86. The fraction of sp³-hybridized carbons (Fsp3) is 0.471. The van der Waals surface area contributed by atoms with Crippen molar-refractivity contribution in [1.82, 2.24) is 14.9 Å². The number of hydrogen-bond donors (Lipinski definition) is 1. The summed E-state index contributed by atoms with van der Waals surface area (Å²) in [5.74, 6) is 1.08. The van der Waals surface area contributed by atoms with Crippen LogP contribution in [0.4, 0.5) is 0 Å². The minimum atomic E-state index is 0.331. The lowest BCUT2D eigenvalue weighted by Gasteiger charge is -2.31. The molecule has 1 N–H and O–H groups in total. The fourth-order valence-corrected chi connectivity index (χ4v) is 3.64. The Morgan fingerprint density at radius 3 is 2.70 bits per heavy atom. The average molecular weight is 269 g/mol. The number of nitrogens with one attached hydrogen (secondary N) is 1. The highest BCUT2D eigenvalue weighted by Gasteiger charge is 2.42. The third-order valence-electron chi connectivity index (χ3n) is 4.68. The van der Waals surface area contributed by atoms with Gasteiger partial charge in [0.1, 0.15) is 5.82 Å². The normalized spacial score (nSPS) is 24.9. The second-order valence-corrected chi connectivity index (χ2v) is 6.39. The predicted octanol–water partition coefficient (Wildman–Crippen LogP) is 3.50. The van der Waals surface area contributed by atoms with E-state index >= 15 is 0 Å². The zero-order valence-electron chi connectivity index (χ0n) is 12.5. The van der Waals surface area contributed by atoms with Crippen LogP contribution >= 0.6 is 0 Å². The lowest BCUT2D eigenvalue weighted by Crippen LogP contribution is -2.40. The van der Waals surface area contributed by atoms with Gasteiger partial charge in [-0.3, -0.25) is 0 Å². The zero-order chi connectivity index (χ0) is 14.2. The Labute approximate surface area is 121 Å². The van der Waals surface area contributed by atoms with E-state index in [4.69, 9.17) is 0 Å². The Hall–Kier alpha value is -1.61. The van der Waals surface area contributed by atoms with E-state index < -0.39 is 0 Å². The summed E-state index contributed by atoms with van der Waals surface area (Å²) in [6.07, 6.45) is 6.49. The van der Waals surface area contributed by atoms with E-state index in [2.05, 4.69) is 66.2 Å². The maximum Gasteiger partial charge on any atom is 0.140 e. The molecule has 0 bridgehead atoms. The van der Waals surface area contributed by atoms with Crippen LogP contribution in [0.25, 0.3) is 11.4 Å². The zero-order valence-corrected chi connectivity index (χ0v) is 12.5. The smallest absolute Gasteiger partial charge is 0.140 e. The summed E-state index contributed by atoms with van der Waals surface area (Å²) in [5, 5.41) is 3.52. The molecule has 1 aliphatic rings. The number of nitrogens with zero attached hydrogens (tertiary/aromatic N) is 2. The van der Waals surface area contributed by atoms with Crippen LogP contribution in [0.1, 0.15) is 32.7 Å². The van der Waals surface area contributed by atoms with E-state index in [1.54, 1.807) is 0 Å². The minimum absolute atomic E-state index is 0.331. The van der Waals surface area contributed by atoms with Crippen LogP contribution in [0.15, 0.2) is 42.7 Å². The van der Waals surface area contributed by atoms with Gasteiger partial charge in [0.2, 0.25) is 0 Å². The molecule has 1 aromatic heterocycles. The van der Waals surface area contributed by atoms with Gasteiger partial charge in [0, 0.05) is 24.0 Å². The van der Waals surface area contributed by atoms with Crippen molar-refractivity contribution in [3.05, 3.63) is 42.7 Å². The molecular weight excluding hydrogens is 246 g/mol. The Morgan fingerprint density at radius 1 is 1.25 bits per heavy atom. The molecule has 2 unspecified atom stereocenters. The van der Waals surface area contributed by atoms with E-state index in [0.717, 1.165) is 5.82 Å². The molecule has 20 heavy (non-hydrogen) atoms. The monoisotopic (exact) mass is 269 g/mol. The van der Waals surface area contributed by atoms with E-state index in [1.165, 1.54) is 18.4 Å². The molecule has 0 saturated heterocycles. The lowest BCUT2D eigenvalue weighted by molar-refractivity contribution is 0.262. The topological polar surface area (TPSA) is 29.9 Å². The second kappa shape index (κ2) is 5.06.